The van der Waals surface area contributed by atoms with Crippen molar-refractivity contribution >= 4 is 5.91 Å². The van der Waals surface area contributed by atoms with Gasteiger partial charge in [0.25, 0.3) is 5.56 Å². The number of benzene rings is 1. The summed E-state index contributed by atoms with van der Waals surface area (Å²) in [7, 11) is 0. The number of carbonyl (C=O) groups excluding carboxylic acids is 1. The second kappa shape index (κ2) is 6.67. The minimum Gasteiger partial charge on any atom is -0.354 e. The van der Waals surface area contributed by atoms with E-state index >= 15 is 0 Å². The van der Waals surface area contributed by atoms with Crippen LogP contribution in [0.3, 0.4) is 0 Å². The monoisotopic (exact) mass is 327 g/mol. The fraction of sp³-hybridized carbons (Fsp3) is 0.474. The van der Waals surface area contributed by atoms with Gasteiger partial charge in [-0.2, -0.15) is 0 Å². The maximum Gasteiger partial charge on any atom is 0.274 e. The van der Waals surface area contributed by atoms with Crippen molar-refractivity contribution in [3.8, 4) is 5.69 Å². The summed E-state index contributed by atoms with van der Waals surface area (Å²) in [6.45, 7) is 5.97. The van der Waals surface area contributed by atoms with Crippen LogP contribution >= 0.6 is 0 Å². The molecule has 1 aromatic carbocycles. The molecule has 0 saturated heterocycles. The molecule has 0 aliphatic heterocycles. The number of hydrogen-bond acceptors (Lipinski definition) is 2. The van der Waals surface area contributed by atoms with Gasteiger partial charge in [-0.05, 0) is 58.6 Å². The number of nitrogens with zero attached hydrogens (tertiary/aromatic N) is 1. The van der Waals surface area contributed by atoms with E-state index in [-0.39, 0.29) is 23.4 Å². The van der Waals surface area contributed by atoms with E-state index in [1.807, 2.05) is 45.0 Å². The molecular weight excluding hydrogens is 302 g/mol. The Bertz CT molecular complexity index is 784. The van der Waals surface area contributed by atoms with E-state index in [4.69, 9.17) is 0 Å². The van der Waals surface area contributed by atoms with Gasteiger partial charge in [0, 0.05) is 23.2 Å². The molecule has 1 aliphatic rings. The van der Waals surface area contributed by atoms with Gasteiger partial charge < -0.3 is 5.32 Å². The molecule has 2 N–H and O–H groups in total. The molecule has 1 heterocycles. The Morgan fingerprint density at radius 3 is 2.54 bits per heavy atom. The molecule has 1 atom stereocenters. The van der Waals surface area contributed by atoms with Crippen molar-refractivity contribution in [2.75, 3.05) is 0 Å². The number of fused-ring (bicyclic) bond motifs is 1. The lowest BCUT2D eigenvalue weighted by molar-refractivity contribution is -0.125. The molecule has 1 aromatic heterocycles. The second-order valence-corrected chi connectivity index (χ2v) is 6.98. The van der Waals surface area contributed by atoms with Crippen molar-refractivity contribution in [3.05, 3.63) is 51.4 Å². The lowest BCUT2D eigenvalue weighted by Crippen LogP contribution is -2.35. The van der Waals surface area contributed by atoms with Gasteiger partial charge in [0.1, 0.15) is 0 Å². The fourth-order valence-corrected chi connectivity index (χ4v) is 3.30. The molecule has 1 amide bonds. The standard InChI is InChI=1S/C19H25N3O2/c1-12(2)20-18(23)14-6-10-16-17(11-7-14)21-22(19(16)24)15-8-4-13(3)5-9-15/h4-5,8-9,12,14,21H,6-7,10-11H2,1-3H3,(H,20,23). The van der Waals surface area contributed by atoms with Crippen molar-refractivity contribution in [2.24, 2.45) is 5.92 Å². The third kappa shape index (κ3) is 3.30. The highest BCUT2D eigenvalue weighted by Gasteiger charge is 2.26. The number of rotatable bonds is 3. The van der Waals surface area contributed by atoms with Gasteiger partial charge in [-0.25, -0.2) is 4.68 Å². The molecule has 0 fully saturated rings. The summed E-state index contributed by atoms with van der Waals surface area (Å²) in [5, 5.41) is 6.23. The Balaban J connectivity index is 1.81. The van der Waals surface area contributed by atoms with Gasteiger partial charge in [0.15, 0.2) is 0 Å². The van der Waals surface area contributed by atoms with Crippen molar-refractivity contribution in [1.29, 1.82) is 0 Å². The summed E-state index contributed by atoms with van der Waals surface area (Å²) in [4.78, 5) is 25.0. The number of carbonyl (C=O) groups is 1. The second-order valence-electron chi connectivity index (χ2n) is 6.98. The van der Waals surface area contributed by atoms with Gasteiger partial charge >= 0.3 is 0 Å². The highest BCUT2D eigenvalue weighted by Crippen LogP contribution is 2.23. The largest absolute Gasteiger partial charge is 0.354 e. The van der Waals surface area contributed by atoms with Crippen LogP contribution < -0.4 is 10.9 Å². The van der Waals surface area contributed by atoms with Crippen LogP contribution in [0.5, 0.6) is 0 Å². The molecule has 1 unspecified atom stereocenters. The zero-order valence-corrected chi connectivity index (χ0v) is 14.6. The molecule has 0 radical (unpaired) electrons. The molecule has 128 valence electrons. The first kappa shape index (κ1) is 16.6. The van der Waals surface area contributed by atoms with Crippen molar-refractivity contribution in [1.82, 2.24) is 15.1 Å². The molecule has 1 aliphatic carbocycles. The first-order valence-corrected chi connectivity index (χ1v) is 8.66. The highest BCUT2D eigenvalue weighted by atomic mass is 16.2. The van der Waals surface area contributed by atoms with Crippen LogP contribution in [0.2, 0.25) is 0 Å². The molecule has 0 bridgehead atoms. The quantitative estimate of drug-likeness (QED) is 0.851. The average molecular weight is 327 g/mol. The Morgan fingerprint density at radius 1 is 1.21 bits per heavy atom. The Kier molecular flexibility index (Phi) is 4.60. The molecule has 0 saturated carbocycles. The highest BCUT2D eigenvalue weighted by molar-refractivity contribution is 5.79. The molecule has 0 spiro atoms. The normalized spacial score (nSPS) is 17.4. The smallest absolute Gasteiger partial charge is 0.274 e. The van der Waals surface area contributed by atoms with Crippen molar-refractivity contribution in [2.45, 2.75) is 52.5 Å². The topological polar surface area (TPSA) is 66.9 Å². The number of H-pyrrole nitrogens is 1. The van der Waals surface area contributed by atoms with Crippen LogP contribution in [-0.4, -0.2) is 21.7 Å². The summed E-state index contributed by atoms with van der Waals surface area (Å²) in [6.07, 6.45) is 2.89. The summed E-state index contributed by atoms with van der Waals surface area (Å²) < 4.78 is 1.62. The Labute approximate surface area is 142 Å². The van der Waals surface area contributed by atoms with E-state index in [1.165, 1.54) is 5.56 Å². The number of aryl methyl sites for hydroxylation is 2. The SMILES string of the molecule is Cc1ccc(-n2[nH]c3c(c2=O)CCC(C(=O)NC(C)C)CC3)cc1. The predicted octanol–water partition coefficient (Wildman–Crippen LogP) is 2.49. The fourth-order valence-electron chi connectivity index (χ4n) is 3.30. The first-order valence-electron chi connectivity index (χ1n) is 8.66. The zero-order chi connectivity index (χ0) is 17.3. The number of nitrogens with one attached hydrogen (secondary N) is 2. The molecule has 5 nitrogen and oxygen atoms in total. The lowest BCUT2D eigenvalue weighted by Gasteiger charge is -2.16. The van der Waals surface area contributed by atoms with Crippen molar-refractivity contribution in [3.63, 3.8) is 0 Å². The minimum atomic E-state index is -0.0135. The Hall–Kier alpha value is -2.30. The van der Waals surface area contributed by atoms with Gasteiger partial charge in [-0.15, -0.1) is 0 Å². The van der Waals surface area contributed by atoms with Crippen LogP contribution in [0.4, 0.5) is 0 Å². The van der Waals surface area contributed by atoms with Crippen molar-refractivity contribution < 1.29 is 4.79 Å². The number of amides is 1. The first-order chi connectivity index (χ1) is 11.5. The number of hydrogen-bond donors (Lipinski definition) is 2. The molecule has 24 heavy (non-hydrogen) atoms. The van der Waals surface area contributed by atoms with Crippen LogP contribution in [0, 0.1) is 12.8 Å². The van der Waals surface area contributed by atoms with E-state index in [2.05, 4.69) is 10.4 Å². The van der Waals surface area contributed by atoms with Gasteiger partial charge in [-0.3, -0.25) is 14.7 Å². The van der Waals surface area contributed by atoms with Gasteiger partial charge in [-0.1, -0.05) is 17.7 Å². The molecule has 2 aromatic rings. The van der Waals surface area contributed by atoms with E-state index in [1.54, 1.807) is 4.68 Å². The van der Waals surface area contributed by atoms with Crippen LogP contribution in [0.25, 0.3) is 5.69 Å². The number of aromatic amines is 1. The number of aromatic nitrogens is 2. The van der Waals surface area contributed by atoms with E-state index < -0.39 is 0 Å². The summed E-state index contributed by atoms with van der Waals surface area (Å²) in [5.74, 6) is 0.0921. The third-order valence-corrected chi connectivity index (χ3v) is 4.65. The molecule has 5 heteroatoms. The van der Waals surface area contributed by atoms with E-state index in [0.29, 0.717) is 6.42 Å². The third-order valence-electron chi connectivity index (χ3n) is 4.65. The Morgan fingerprint density at radius 2 is 1.88 bits per heavy atom. The summed E-state index contributed by atoms with van der Waals surface area (Å²) in [5.41, 5.74) is 3.83. The van der Waals surface area contributed by atoms with E-state index in [9.17, 15) is 9.59 Å². The maximum absolute atomic E-state index is 12.7. The molecule has 3 rings (SSSR count). The van der Waals surface area contributed by atoms with Crippen LogP contribution in [0.1, 0.15) is 43.5 Å². The van der Waals surface area contributed by atoms with Gasteiger partial charge in [0.2, 0.25) is 5.91 Å². The van der Waals surface area contributed by atoms with Gasteiger partial charge in [0.05, 0.1) is 5.69 Å². The average Bonchev–Trinajstić information content (AvgIpc) is 2.71. The zero-order valence-electron chi connectivity index (χ0n) is 14.6. The summed E-state index contributed by atoms with van der Waals surface area (Å²) in [6, 6.07) is 8.05. The van der Waals surface area contributed by atoms with Crippen LogP contribution in [0.15, 0.2) is 29.1 Å². The maximum atomic E-state index is 12.7. The lowest BCUT2D eigenvalue weighted by atomic mass is 9.98. The van der Waals surface area contributed by atoms with Crippen LogP contribution in [-0.2, 0) is 17.6 Å². The van der Waals surface area contributed by atoms with E-state index in [0.717, 1.165) is 36.2 Å². The summed E-state index contributed by atoms with van der Waals surface area (Å²) >= 11 is 0. The minimum absolute atomic E-state index is 0.0128. The molecular formula is C19H25N3O2. The predicted molar refractivity (Wildman–Crippen MR) is 94.5 cm³/mol.